The van der Waals surface area contributed by atoms with Crippen molar-refractivity contribution in [3.63, 3.8) is 0 Å². The summed E-state index contributed by atoms with van der Waals surface area (Å²) >= 11 is 0. The van der Waals surface area contributed by atoms with Crippen LogP contribution in [0.25, 0.3) is 0 Å². The first kappa shape index (κ1) is 25.6. The van der Waals surface area contributed by atoms with E-state index in [2.05, 4.69) is 12.2 Å². The first-order chi connectivity index (χ1) is 12.5. The van der Waals surface area contributed by atoms with Crippen LogP contribution in [0.1, 0.15) is 117 Å². The van der Waals surface area contributed by atoms with Gasteiger partial charge in [-0.15, -0.1) is 0 Å². The SMILES string of the molecule is CCCCCCCCCCCCCCCCCC(=O)C(C)(O)NCCN. The number of nitrogens with one attached hydrogen (secondary N) is 1. The molecule has 156 valence electrons. The molecule has 0 radical (unpaired) electrons. The molecular weight excluding hydrogens is 324 g/mol. The molecule has 0 amide bonds. The number of carbonyl (C=O) groups excluding carboxylic acids is 1. The highest BCUT2D eigenvalue weighted by Gasteiger charge is 2.27. The Morgan fingerprint density at radius 2 is 1.19 bits per heavy atom. The molecule has 26 heavy (non-hydrogen) atoms. The van der Waals surface area contributed by atoms with Crippen molar-refractivity contribution >= 4 is 5.78 Å². The van der Waals surface area contributed by atoms with Gasteiger partial charge in [-0.05, 0) is 13.3 Å². The standard InChI is InChI=1S/C22H46N2O2/c1-3-4-5-6-7-8-9-10-11-12-13-14-15-16-17-18-21(25)22(2,26)24-20-19-23/h24,26H,3-20,23H2,1-2H3. The molecule has 0 aliphatic carbocycles. The Morgan fingerprint density at radius 3 is 1.58 bits per heavy atom. The Hall–Kier alpha value is -0.450. The van der Waals surface area contributed by atoms with Gasteiger partial charge in [-0.3, -0.25) is 10.1 Å². The molecule has 0 aromatic rings. The van der Waals surface area contributed by atoms with Crippen molar-refractivity contribution in [2.24, 2.45) is 5.73 Å². The molecule has 0 heterocycles. The van der Waals surface area contributed by atoms with Crippen LogP contribution in [-0.2, 0) is 4.79 Å². The van der Waals surface area contributed by atoms with E-state index in [-0.39, 0.29) is 5.78 Å². The predicted octanol–water partition coefficient (Wildman–Crippen LogP) is 5.07. The minimum atomic E-state index is -1.42. The molecule has 4 nitrogen and oxygen atoms in total. The predicted molar refractivity (Wildman–Crippen MR) is 112 cm³/mol. The van der Waals surface area contributed by atoms with Crippen LogP contribution < -0.4 is 11.1 Å². The molecular formula is C22H46N2O2. The van der Waals surface area contributed by atoms with Crippen molar-refractivity contribution < 1.29 is 9.90 Å². The molecule has 0 rings (SSSR count). The van der Waals surface area contributed by atoms with Crippen LogP contribution >= 0.6 is 0 Å². The number of hydrogen-bond acceptors (Lipinski definition) is 4. The maximum Gasteiger partial charge on any atom is 0.179 e. The Kier molecular flexibility index (Phi) is 17.6. The smallest absolute Gasteiger partial charge is 0.179 e. The van der Waals surface area contributed by atoms with E-state index in [0.717, 1.165) is 12.8 Å². The number of ketones is 1. The molecule has 1 atom stereocenters. The van der Waals surface area contributed by atoms with Gasteiger partial charge in [-0.1, -0.05) is 96.8 Å². The van der Waals surface area contributed by atoms with Gasteiger partial charge >= 0.3 is 0 Å². The average molecular weight is 371 g/mol. The highest BCUT2D eigenvalue weighted by atomic mass is 16.3. The monoisotopic (exact) mass is 370 g/mol. The molecule has 0 fully saturated rings. The zero-order valence-corrected chi connectivity index (χ0v) is 17.7. The number of Topliss-reactive ketones (excluding diaryl/α,β-unsaturated/α-hetero) is 1. The van der Waals surface area contributed by atoms with Crippen molar-refractivity contribution in [1.29, 1.82) is 0 Å². The molecule has 1 unspecified atom stereocenters. The number of carbonyl (C=O) groups is 1. The van der Waals surface area contributed by atoms with Gasteiger partial charge in [0.05, 0.1) is 0 Å². The maximum absolute atomic E-state index is 12.0. The van der Waals surface area contributed by atoms with E-state index in [1.165, 1.54) is 90.4 Å². The first-order valence-corrected chi connectivity index (χ1v) is 11.3. The Balaban J connectivity index is 3.30. The summed E-state index contributed by atoms with van der Waals surface area (Å²) < 4.78 is 0. The maximum atomic E-state index is 12.0. The van der Waals surface area contributed by atoms with Crippen LogP contribution in [0.3, 0.4) is 0 Å². The fourth-order valence-corrected chi connectivity index (χ4v) is 3.31. The Bertz CT molecular complexity index is 319. The summed E-state index contributed by atoms with van der Waals surface area (Å²) in [7, 11) is 0. The topological polar surface area (TPSA) is 75.3 Å². The number of rotatable bonds is 20. The summed E-state index contributed by atoms with van der Waals surface area (Å²) in [6, 6.07) is 0. The molecule has 0 spiro atoms. The van der Waals surface area contributed by atoms with E-state index < -0.39 is 5.72 Å². The molecule has 0 saturated carbocycles. The number of nitrogens with two attached hydrogens (primary N) is 1. The van der Waals surface area contributed by atoms with Gasteiger partial charge in [-0.2, -0.15) is 0 Å². The summed E-state index contributed by atoms with van der Waals surface area (Å²) in [5.74, 6) is -0.124. The van der Waals surface area contributed by atoms with Gasteiger partial charge < -0.3 is 10.8 Å². The summed E-state index contributed by atoms with van der Waals surface area (Å²) in [6.45, 7) is 4.67. The van der Waals surface area contributed by atoms with Crippen molar-refractivity contribution in [1.82, 2.24) is 5.32 Å². The molecule has 0 saturated heterocycles. The second-order valence-electron chi connectivity index (χ2n) is 7.91. The van der Waals surface area contributed by atoms with Gasteiger partial charge in [0.1, 0.15) is 0 Å². The second kappa shape index (κ2) is 17.9. The molecule has 0 aliphatic rings. The Labute approximate surface area is 162 Å². The van der Waals surface area contributed by atoms with Crippen molar-refractivity contribution in [2.75, 3.05) is 13.1 Å². The largest absolute Gasteiger partial charge is 0.369 e. The summed E-state index contributed by atoms with van der Waals surface area (Å²) in [4.78, 5) is 12.0. The van der Waals surface area contributed by atoms with Gasteiger partial charge in [0.2, 0.25) is 0 Å². The zero-order chi connectivity index (χ0) is 19.5. The van der Waals surface area contributed by atoms with E-state index in [1.807, 2.05) is 0 Å². The third-order valence-electron chi connectivity index (χ3n) is 5.16. The highest BCUT2D eigenvalue weighted by Crippen LogP contribution is 2.14. The van der Waals surface area contributed by atoms with E-state index in [9.17, 15) is 9.90 Å². The third kappa shape index (κ3) is 15.8. The van der Waals surface area contributed by atoms with Gasteiger partial charge in [-0.25, -0.2) is 0 Å². The summed E-state index contributed by atoms with van der Waals surface area (Å²) in [5.41, 5.74) is 3.97. The Morgan fingerprint density at radius 1 is 0.808 bits per heavy atom. The molecule has 0 aromatic heterocycles. The number of unbranched alkanes of at least 4 members (excludes halogenated alkanes) is 14. The number of aliphatic hydroxyl groups is 1. The minimum absolute atomic E-state index is 0.124. The fraction of sp³-hybridized carbons (Fsp3) is 0.955. The van der Waals surface area contributed by atoms with Gasteiger partial charge in [0.25, 0.3) is 0 Å². The van der Waals surface area contributed by atoms with Crippen LogP contribution in [0.4, 0.5) is 0 Å². The lowest BCUT2D eigenvalue weighted by Crippen LogP contribution is -2.50. The van der Waals surface area contributed by atoms with Crippen LogP contribution in [-0.4, -0.2) is 29.7 Å². The van der Waals surface area contributed by atoms with Crippen molar-refractivity contribution in [3.8, 4) is 0 Å². The molecule has 0 aliphatic heterocycles. The highest BCUT2D eigenvalue weighted by molar-refractivity contribution is 5.86. The van der Waals surface area contributed by atoms with Gasteiger partial charge in [0, 0.05) is 19.5 Å². The van der Waals surface area contributed by atoms with Crippen LogP contribution in [0.15, 0.2) is 0 Å². The fourth-order valence-electron chi connectivity index (χ4n) is 3.31. The van der Waals surface area contributed by atoms with Crippen LogP contribution in [0.2, 0.25) is 0 Å². The molecule has 0 bridgehead atoms. The van der Waals surface area contributed by atoms with Crippen LogP contribution in [0, 0.1) is 0 Å². The zero-order valence-electron chi connectivity index (χ0n) is 17.7. The average Bonchev–Trinajstić information content (AvgIpc) is 2.63. The van der Waals surface area contributed by atoms with E-state index in [4.69, 9.17) is 5.73 Å². The lowest BCUT2D eigenvalue weighted by Gasteiger charge is -2.23. The molecule has 4 N–H and O–H groups in total. The first-order valence-electron chi connectivity index (χ1n) is 11.3. The van der Waals surface area contributed by atoms with E-state index in [0.29, 0.717) is 19.5 Å². The van der Waals surface area contributed by atoms with Crippen LogP contribution in [0.5, 0.6) is 0 Å². The van der Waals surface area contributed by atoms with Crippen molar-refractivity contribution in [3.05, 3.63) is 0 Å². The quantitative estimate of drug-likeness (QED) is 0.206. The van der Waals surface area contributed by atoms with E-state index >= 15 is 0 Å². The van der Waals surface area contributed by atoms with Crippen molar-refractivity contribution in [2.45, 2.75) is 122 Å². The van der Waals surface area contributed by atoms with E-state index in [1.54, 1.807) is 0 Å². The second-order valence-corrected chi connectivity index (χ2v) is 7.91. The normalized spacial score (nSPS) is 13.7. The lowest BCUT2D eigenvalue weighted by molar-refractivity contribution is -0.138. The summed E-state index contributed by atoms with van der Waals surface area (Å²) in [6.07, 6.45) is 20.2. The summed E-state index contributed by atoms with van der Waals surface area (Å²) in [5, 5.41) is 12.8. The number of hydrogen-bond donors (Lipinski definition) is 3. The van der Waals surface area contributed by atoms with Gasteiger partial charge in [0.15, 0.2) is 11.5 Å². The third-order valence-corrected chi connectivity index (χ3v) is 5.16. The minimum Gasteiger partial charge on any atom is -0.369 e. The molecule has 4 heteroatoms. The lowest BCUT2D eigenvalue weighted by atomic mass is 10.0. The molecule has 0 aromatic carbocycles.